The van der Waals surface area contributed by atoms with E-state index in [1.165, 1.54) is 0 Å². The fourth-order valence-electron chi connectivity index (χ4n) is 1.74. The van der Waals surface area contributed by atoms with Crippen LogP contribution in [0, 0.1) is 0 Å². The lowest BCUT2D eigenvalue weighted by molar-refractivity contribution is -0.153. The summed E-state index contributed by atoms with van der Waals surface area (Å²) in [5.74, 6) is -0.543. The van der Waals surface area contributed by atoms with Crippen molar-refractivity contribution in [1.82, 2.24) is 0 Å². The van der Waals surface area contributed by atoms with E-state index in [1.54, 1.807) is 55.5 Å². The number of rotatable bonds is 6. The van der Waals surface area contributed by atoms with Gasteiger partial charge in [0.15, 0.2) is 12.7 Å². The molecule has 5 nitrogen and oxygen atoms in total. The maximum absolute atomic E-state index is 11.8. The highest BCUT2D eigenvalue weighted by Gasteiger charge is 2.17. The van der Waals surface area contributed by atoms with Crippen molar-refractivity contribution in [2.24, 2.45) is 0 Å². The van der Waals surface area contributed by atoms with E-state index >= 15 is 0 Å². The van der Waals surface area contributed by atoms with E-state index in [0.29, 0.717) is 16.5 Å². The fourth-order valence-corrected chi connectivity index (χ4v) is 1.86. The largest absolute Gasteiger partial charge is 0.479 e. The van der Waals surface area contributed by atoms with Gasteiger partial charge in [-0.25, -0.2) is 4.79 Å². The van der Waals surface area contributed by atoms with Crippen LogP contribution in [0.4, 0.5) is 5.69 Å². The lowest BCUT2D eigenvalue weighted by Crippen LogP contribution is -2.29. The molecule has 0 heterocycles. The van der Waals surface area contributed by atoms with Gasteiger partial charge < -0.3 is 14.8 Å². The Morgan fingerprint density at radius 2 is 1.74 bits per heavy atom. The zero-order chi connectivity index (χ0) is 16.7. The summed E-state index contributed by atoms with van der Waals surface area (Å²) in [5, 5.41) is 3.19. The summed E-state index contributed by atoms with van der Waals surface area (Å²) in [4.78, 5) is 23.5. The first-order valence-corrected chi connectivity index (χ1v) is 7.36. The predicted octanol–water partition coefficient (Wildman–Crippen LogP) is 3.29. The van der Waals surface area contributed by atoms with Gasteiger partial charge in [0.25, 0.3) is 5.91 Å². The first-order valence-electron chi connectivity index (χ1n) is 6.98. The topological polar surface area (TPSA) is 64.6 Å². The Morgan fingerprint density at radius 1 is 1.09 bits per heavy atom. The Morgan fingerprint density at radius 3 is 2.39 bits per heavy atom. The van der Waals surface area contributed by atoms with Crippen molar-refractivity contribution >= 4 is 29.2 Å². The number of carbonyl (C=O) groups is 2. The van der Waals surface area contributed by atoms with Crippen LogP contribution in [0.25, 0.3) is 0 Å². The highest BCUT2D eigenvalue weighted by atomic mass is 35.5. The van der Waals surface area contributed by atoms with Crippen LogP contribution >= 0.6 is 11.6 Å². The molecule has 0 saturated heterocycles. The number of anilines is 1. The van der Waals surface area contributed by atoms with Crippen molar-refractivity contribution in [2.45, 2.75) is 13.0 Å². The summed E-state index contributed by atoms with van der Waals surface area (Å²) >= 11 is 5.77. The van der Waals surface area contributed by atoms with Gasteiger partial charge in [0.2, 0.25) is 0 Å². The number of esters is 1. The highest BCUT2D eigenvalue weighted by molar-refractivity contribution is 6.30. The molecule has 0 bridgehead atoms. The van der Waals surface area contributed by atoms with Crippen molar-refractivity contribution in [1.29, 1.82) is 0 Å². The van der Waals surface area contributed by atoms with Gasteiger partial charge in [0.05, 0.1) is 0 Å². The molecule has 0 aromatic heterocycles. The Bertz CT molecular complexity index is 658. The van der Waals surface area contributed by atoms with Crippen molar-refractivity contribution < 1.29 is 19.1 Å². The molecule has 2 aromatic carbocycles. The van der Waals surface area contributed by atoms with E-state index in [0.717, 1.165) is 0 Å². The third-order valence-electron chi connectivity index (χ3n) is 2.86. The van der Waals surface area contributed by atoms with Gasteiger partial charge in [0.1, 0.15) is 5.75 Å². The first-order chi connectivity index (χ1) is 11.0. The van der Waals surface area contributed by atoms with E-state index in [-0.39, 0.29) is 6.61 Å². The Balaban J connectivity index is 1.77. The number of hydrogen-bond donors (Lipinski definition) is 1. The van der Waals surface area contributed by atoms with Gasteiger partial charge in [-0.3, -0.25) is 4.79 Å². The number of hydrogen-bond acceptors (Lipinski definition) is 4. The number of nitrogens with one attached hydrogen (secondary N) is 1. The second-order valence-corrected chi connectivity index (χ2v) is 5.17. The number of halogens is 1. The summed E-state index contributed by atoms with van der Waals surface area (Å²) in [5.41, 5.74) is 0.638. The molecule has 0 spiro atoms. The standard InChI is InChI=1S/C17H16ClNO4/c1-12(23-15-9-7-13(18)8-10-15)17(21)22-11-16(20)19-14-5-3-2-4-6-14/h2-10,12H,11H2,1H3,(H,19,20)/t12-/m0/s1. The van der Waals surface area contributed by atoms with Gasteiger partial charge in [-0.2, -0.15) is 0 Å². The minimum absolute atomic E-state index is 0.373. The normalized spacial score (nSPS) is 11.4. The number of benzene rings is 2. The van der Waals surface area contributed by atoms with Crippen LogP contribution in [0.2, 0.25) is 5.02 Å². The Labute approximate surface area is 139 Å². The average molecular weight is 334 g/mol. The van der Waals surface area contributed by atoms with Crippen molar-refractivity contribution in [3.8, 4) is 5.75 Å². The Kier molecular flexibility index (Phi) is 6.00. The summed E-state index contributed by atoms with van der Waals surface area (Å²) in [7, 11) is 0. The van der Waals surface area contributed by atoms with Crippen LogP contribution < -0.4 is 10.1 Å². The monoisotopic (exact) mass is 333 g/mol. The number of carbonyl (C=O) groups excluding carboxylic acids is 2. The fraction of sp³-hybridized carbons (Fsp3) is 0.176. The molecule has 23 heavy (non-hydrogen) atoms. The van der Waals surface area contributed by atoms with Crippen LogP contribution in [0.15, 0.2) is 54.6 Å². The predicted molar refractivity (Wildman–Crippen MR) is 87.6 cm³/mol. The molecule has 0 aliphatic rings. The van der Waals surface area contributed by atoms with Crippen molar-refractivity contribution in [3.63, 3.8) is 0 Å². The first kappa shape index (κ1) is 16.8. The zero-order valence-electron chi connectivity index (χ0n) is 12.5. The van der Waals surface area contributed by atoms with Crippen LogP contribution in [0.5, 0.6) is 5.75 Å². The molecule has 0 saturated carbocycles. The summed E-state index contributed by atoms with van der Waals surface area (Å²) in [6.45, 7) is 1.17. The molecule has 1 amide bonds. The maximum atomic E-state index is 11.8. The van der Waals surface area contributed by atoms with Crippen molar-refractivity contribution in [2.75, 3.05) is 11.9 Å². The summed E-state index contributed by atoms with van der Waals surface area (Å²) < 4.78 is 10.3. The van der Waals surface area contributed by atoms with E-state index in [2.05, 4.69) is 5.32 Å². The van der Waals surface area contributed by atoms with Gasteiger partial charge >= 0.3 is 5.97 Å². The SMILES string of the molecule is C[C@H](Oc1ccc(Cl)cc1)C(=O)OCC(=O)Nc1ccccc1. The molecule has 0 aliphatic heterocycles. The molecule has 1 N–H and O–H groups in total. The smallest absolute Gasteiger partial charge is 0.347 e. The second kappa shape index (κ2) is 8.19. The van der Waals surface area contributed by atoms with Gasteiger partial charge in [0, 0.05) is 10.7 Å². The maximum Gasteiger partial charge on any atom is 0.347 e. The molecule has 6 heteroatoms. The number of ether oxygens (including phenoxy) is 2. The zero-order valence-corrected chi connectivity index (χ0v) is 13.2. The molecular formula is C17H16ClNO4. The lowest BCUT2D eigenvalue weighted by Gasteiger charge is -2.14. The lowest BCUT2D eigenvalue weighted by atomic mass is 10.3. The molecule has 2 aromatic rings. The minimum Gasteiger partial charge on any atom is -0.479 e. The Hall–Kier alpha value is -2.53. The van der Waals surface area contributed by atoms with E-state index in [1.807, 2.05) is 6.07 Å². The molecule has 0 aliphatic carbocycles. The van der Waals surface area contributed by atoms with Crippen LogP contribution in [0.3, 0.4) is 0 Å². The van der Waals surface area contributed by atoms with E-state index in [4.69, 9.17) is 21.1 Å². The molecule has 0 unspecified atom stereocenters. The molecule has 0 radical (unpaired) electrons. The van der Waals surface area contributed by atoms with Crippen LogP contribution in [-0.2, 0) is 14.3 Å². The molecular weight excluding hydrogens is 318 g/mol. The number of para-hydroxylation sites is 1. The van der Waals surface area contributed by atoms with E-state index in [9.17, 15) is 9.59 Å². The highest BCUT2D eigenvalue weighted by Crippen LogP contribution is 2.17. The summed E-state index contributed by atoms with van der Waals surface area (Å²) in [6, 6.07) is 15.5. The van der Waals surface area contributed by atoms with Gasteiger partial charge in [-0.05, 0) is 43.3 Å². The van der Waals surface area contributed by atoms with Crippen LogP contribution in [-0.4, -0.2) is 24.6 Å². The third kappa shape index (κ3) is 5.64. The number of amides is 1. The molecule has 0 fully saturated rings. The van der Waals surface area contributed by atoms with Crippen molar-refractivity contribution in [3.05, 3.63) is 59.6 Å². The molecule has 120 valence electrons. The van der Waals surface area contributed by atoms with Gasteiger partial charge in [-0.1, -0.05) is 29.8 Å². The average Bonchev–Trinajstić information content (AvgIpc) is 2.55. The van der Waals surface area contributed by atoms with Crippen LogP contribution in [0.1, 0.15) is 6.92 Å². The quantitative estimate of drug-likeness (QED) is 0.824. The third-order valence-corrected chi connectivity index (χ3v) is 3.11. The van der Waals surface area contributed by atoms with E-state index < -0.39 is 18.0 Å². The molecule has 2 rings (SSSR count). The van der Waals surface area contributed by atoms with Gasteiger partial charge in [-0.15, -0.1) is 0 Å². The minimum atomic E-state index is -0.833. The summed E-state index contributed by atoms with van der Waals surface area (Å²) in [6.07, 6.45) is -0.833. The second-order valence-electron chi connectivity index (χ2n) is 4.74. The molecule has 1 atom stereocenters.